The quantitative estimate of drug-likeness (QED) is 0.0106. The van der Waals surface area contributed by atoms with E-state index in [1.165, 1.54) is 97.9 Å². The van der Waals surface area contributed by atoms with Gasteiger partial charge in [0.15, 0.2) is 5.78 Å². The number of hydrogen-bond donors (Lipinski definition) is 7. The number of ketones is 2. The molecule has 29 heteroatoms. The maximum Gasteiger partial charge on any atom is 2.00 e. The first-order chi connectivity index (χ1) is 46.8. The van der Waals surface area contributed by atoms with Crippen LogP contribution < -0.4 is 62.1 Å². The number of rotatable bonds is 18. The van der Waals surface area contributed by atoms with Crippen LogP contribution in [0, 0.1) is 42.3 Å². The number of halogens is 8. The van der Waals surface area contributed by atoms with Gasteiger partial charge in [-0.2, -0.15) is 4.40 Å². The van der Waals surface area contributed by atoms with Crippen molar-refractivity contribution in [1.29, 1.82) is 0 Å². The molecule has 15 nitrogen and oxygen atoms in total. The molecule has 4 atom stereocenters. The van der Waals surface area contributed by atoms with Crippen LogP contribution in [0.1, 0.15) is 195 Å². The van der Waals surface area contributed by atoms with E-state index in [2.05, 4.69) is 9.12 Å². The molecule has 10 N–H and O–H groups in total. The van der Waals surface area contributed by atoms with Gasteiger partial charge in [-0.05, 0) is 295 Å². The van der Waals surface area contributed by atoms with Crippen LogP contribution in [0.25, 0.3) is 6.08 Å². The first kappa shape index (κ1) is 131. The SMILES string of the molecule is CC(=O)/C=C/c1ccc(F)cc1.CC(=O)CCc1ccc(F)cc1.CC(C)(C)[S@@](N)=O.CC(C)(N)CCc1ccc(F)cc1.CC(CCc1ccc(F)cc1)=N[S@](=O)C(C)(C)C.CC(CCc1ccc(F)cc1)N[S@](=O)C(C)(C)C.CCO.CCO.CCO.CCO.Cl.O=Cc1ccc(F)cc1.[Br-].[CH3-].[Mg+2].[Na+].[OH-].[Ti]. The second-order valence-electron chi connectivity index (χ2n) is 25.7. The number of nitrogens with two attached hydrogens (primary N) is 2. The van der Waals surface area contributed by atoms with E-state index in [0.29, 0.717) is 24.7 Å². The minimum Gasteiger partial charge on any atom is -1.00 e. The summed E-state index contributed by atoms with van der Waals surface area (Å²) in [5.41, 5.74) is 12.2. The van der Waals surface area contributed by atoms with Gasteiger partial charge in [-0.15, -0.1) is 12.4 Å². The topological polar surface area (TPSA) is 290 Å². The molecule has 0 aliphatic carbocycles. The number of hydrogen-bond acceptors (Lipinski definition) is 12. The van der Waals surface area contributed by atoms with Crippen LogP contribution in [0.15, 0.2) is 156 Å². The fourth-order valence-corrected chi connectivity index (χ4v) is 7.66. The predicted molar refractivity (Wildman–Crippen MR) is 432 cm³/mol. The van der Waals surface area contributed by atoms with Crippen LogP contribution in [0.5, 0.6) is 0 Å². The molecule has 6 aromatic rings. The molecule has 0 amide bonds. The number of allylic oxidation sites excluding steroid dienone is 1. The van der Waals surface area contributed by atoms with Crippen molar-refractivity contribution in [3.63, 3.8) is 0 Å². The summed E-state index contributed by atoms with van der Waals surface area (Å²) in [6.45, 7) is 35.7. The number of aliphatic hydroxyl groups excluding tert-OH is 4. The zero-order chi connectivity index (χ0) is 79.0. The Morgan fingerprint density at radius 1 is 0.519 bits per heavy atom. The average molecular weight is 1730 g/mol. The second-order valence-corrected chi connectivity index (χ2v) is 31.4. The number of aliphatic hydroxyl groups is 4. The molecule has 1 unspecified atom stereocenters. The number of nitrogens with zero attached hydrogens (tertiary/aromatic N) is 1. The van der Waals surface area contributed by atoms with E-state index in [4.69, 9.17) is 31.3 Å². The van der Waals surface area contributed by atoms with Gasteiger partial charge in [0, 0.05) is 77.4 Å². The van der Waals surface area contributed by atoms with Gasteiger partial charge in [-0.1, -0.05) is 66.7 Å². The van der Waals surface area contributed by atoms with E-state index in [-0.39, 0.29) is 215 Å². The van der Waals surface area contributed by atoms with E-state index in [0.717, 1.165) is 72.1 Å². The fraction of sp³-hybridized carbons (Fsp3) is 0.456. The Balaban J connectivity index is -0.0000000973. The van der Waals surface area contributed by atoms with Crippen molar-refractivity contribution in [2.45, 2.75) is 209 Å². The molecule has 0 aliphatic heterocycles. The third-order valence-electron chi connectivity index (χ3n) is 11.7. The molecule has 0 radical (unpaired) electrons. The summed E-state index contributed by atoms with van der Waals surface area (Å²) in [6.07, 6.45) is 10.1. The molecule has 0 bridgehead atoms. The summed E-state index contributed by atoms with van der Waals surface area (Å²) < 4.78 is 115. The monoisotopic (exact) mass is 1720 g/mol. The van der Waals surface area contributed by atoms with E-state index in [1.54, 1.807) is 101 Å². The largest absolute Gasteiger partial charge is 2.00 e. The Kier molecular flexibility index (Phi) is 94.2. The number of benzene rings is 6. The Morgan fingerprint density at radius 3 is 1.04 bits per heavy atom. The summed E-state index contributed by atoms with van der Waals surface area (Å²) in [7, 11) is -3.42. The summed E-state index contributed by atoms with van der Waals surface area (Å²) in [5, 5.41) is 35.3. The van der Waals surface area contributed by atoms with Gasteiger partial charge in [-0.3, -0.25) is 14.7 Å². The van der Waals surface area contributed by atoms with Crippen molar-refractivity contribution in [2.24, 2.45) is 15.3 Å². The summed E-state index contributed by atoms with van der Waals surface area (Å²) in [4.78, 5) is 31.1. The minimum absolute atomic E-state index is 0. The van der Waals surface area contributed by atoms with Crippen LogP contribution in [-0.2, 0) is 89.9 Å². The van der Waals surface area contributed by atoms with Crippen LogP contribution in [0.4, 0.5) is 26.3 Å². The maximum absolute atomic E-state index is 12.7. The van der Waals surface area contributed by atoms with Crippen molar-refractivity contribution < 1.29 is 148 Å². The molecule has 606 valence electrons. The Hall–Kier alpha value is -3.30. The zero-order valence-electron chi connectivity index (χ0n) is 67.4. The van der Waals surface area contributed by atoms with Gasteiger partial charge in [-0.25, -0.2) is 43.7 Å². The summed E-state index contributed by atoms with van der Waals surface area (Å²) >= 11 is 0. The molecular weight excluding hydrogens is 1600 g/mol. The summed E-state index contributed by atoms with van der Waals surface area (Å²) in [6, 6.07) is 37.3. The smallest absolute Gasteiger partial charge is 1.00 e. The van der Waals surface area contributed by atoms with Crippen LogP contribution in [0.3, 0.4) is 0 Å². The number of nitrogens with one attached hydrogen (secondary N) is 1. The Labute approximate surface area is 721 Å². The van der Waals surface area contributed by atoms with Gasteiger partial charge in [0.2, 0.25) is 0 Å². The standard InChI is InChI=1S/C14H22FNOS.C14H20FNOS.C11H16FN.C10H11FO.C10H9FO.C7H5FO.C4H11NOS.4C2H6O.CH3.BrH.ClH.Mg.Na.H2O.Ti/c2*1-11(16-18(17)14(2,3)4)5-6-12-7-9-13(15)10-8-12;1-11(2,13)8-7-9-3-5-10(12)6-4-9;2*1-8(12)2-3-9-4-6-10(11)7-5-9;8-7-3-1-6(5-9)2-4-7;1-4(2,3)7(5)6;4*1-2-3;;;;;;;/h7-11,16H,5-6H2,1-4H3;7-10H,5-6H2,1-4H3;3-6H,7-8,13H2,1-2H3;4-7H,2-3H2,1H3;2-7H,1H3;1-5H;5H2,1-3H3;4*3H,2H2,1H3;1H3;2*1H;;;1H2;/q;;;;;;;;;;;-1;;;+2;+1;;/p-2/b;;;;3-2+;;;;;;;;;;;;;/t11?,18-;18-;;;;;7-;;;;;;;;;;;/m11....0.........../s1. The van der Waals surface area contributed by atoms with E-state index in [1.807, 2.05) is 90.0 Å². The molecule has 0 spiro atoms. The van der Waals surface area contributed by atoms with E-state index < -0.39 is 33.0 Å². The van der Waals surface area contributed by atoms with Gasteiger partial charge in [0.1, 0.15) is 58.0 Å². The third kappa shape index (κ3) is 86.7. The van der Waals surface area contributed by atoms with Crippen molar-refractivity contribution >= 4 is 98.1 Å². The Morgan fingerprint density at radius 2 is 0.787 bits per heavy atom. The first-order valence-corrected chi connectivity index (χ1v) is 36.5. The first-order valence-electron chi connectivity index (χ1n) is 33.0. The second kappa shape index (κ2) is 77.6. The maximum atomic E-state index is 12.7. The number of carbonyl (C=O) groups is 3. The van der Waals surface area contributed by atoms with Crippen LogP contribution >= 0.6 is 12.4 Å². The molecule has 108 heavy (non-hydrogen) atoms. The van der Waals surface area contributed by atoms with E-state index >= 15 is 0 Å². The van der Waals surface area contributed by atoms with Crippen molar-refractivity contribution in [2.75, 3.05) is 26.4 Å². The predicted octanol–water partition coefficient (Wildman–Crippen LogP) is 10.5. The fourth-order valence-electron chi connectivity index (χ4n) is 6.17. The normalized spacial score (nSPS) is 11.2. The van der Waals surface area contributed by atoms with Gasteiger partial charge < -0.3 is 60.8 Å². The number of Topliss-reactive ketones (excluding diaryl/α,β-unsaturated/α-hetero) is 1. The van der Waals surface area contributed by atoms with Gasteiger partial charge in [0.05, 0.1) is 36.2 Å². The molecular formula is C79H123BrClF6MgN4NaO11S3Ti. The molecule has 0 fully saturated rings. The number of aldehydes is 1. The molecule has 6 aromatic carbocycles. The van der Waals surface area contributed by atoms with Gasteiger partial charge >= 0.3 is 52.6 Å². The van der Waals surface area contributed by atoms with Crippen LogP contribution in [-0.4, -0.2) is 137 Å². The van der Waals surface area contributed by atoms with Crippen molar-refractivity contribution in [3.05, 3.63) is 227 Å². The summed E-state index contributed by atoms with van der Waals surface area (Å²) in [5.74, 6) is -1.29. The van der Waals surface area contributed by atoms with Crippen LogP contribution in [0.2, 0.25) is 0 Å². The molecule has 0 heterocycles. The molecule has 6 rings (SSSR count). The van der Waals surface area contributed by atoms with Crippen molar-refractivity contribution in [1.82, 2.24) is 4.72 Å². The molecule has 0 saturated carbocycles. The zero-order valence-corrected chi connectivity index (χ0v) is 77.3. The average Bonchev–Trinajstić information content (AvgIpc) is 0.909. The molecule has 0 aliphatic rings. The minimum atomic E-state index is -1.20. The third-order valence-corrected chi connectivity index (χ3v) is 16.2. The number of carbonyl (C=O) groups excluding carboxylic acids is 3. The van der Waals surface area contributed by atoms with E-state index in [9.17, 15) is 53.4 Å². The Bertz CT molecular complexity index is 3250. The van der Waals surface area contributed by atoms with Gasteiger partial charge in [0.25, 0.3) is 0 Å². The number of aryl methyl sites for hydroxylation is 4. The molecule has 0 saturated heterocycles. The molecule has 0 aromatic heterocycles. The van der Waals surface area contributed by atoms with Crippen molar-refractivity contribution in [3.8, 4) is 0 Å².